The Bertz CT molecular complexity index is 2100. The topological polar surface area (TPSA) is 98.7 Å². The molecular weight excluding hydrogens is 655 g/mol. The van der Waals surface area contributed by atoms with Gasteiger partial charge in [0.05, 0.1) is 26.6 Å². The number of halogens is 3. The Balaban J connectivity index is 1.30. The van der Waals surface area contributed by atoms with Crippen LogP contribution in [0, 0.1) is 6.92 Å². The quantitative estimate of drug-likeness (QED) is 0.173. The summed E-state index contributed by atoms with van der Waals surface area (Å²) in [5, 5.41) is 9.27. The number of anilines is 1. The summed E-state index contributed by atoms with van der Waals surface area (Å²) in [4.78, 5) is 30.7. The third-order valence-corrected chi connectivity index (χ3v) is 7.67. The van der Waals surface area contributed by atoms with E-state index in [4.69, 9.17) is 37.3 Å². The Kier molecular flexibility index (Phi) is 8.03. The van der Waals surface area contributed by atoms with Crippen molar-refractivity contribution in [1.29, 1.82) is 0 Å². The van der Waals surface area contributed by atoms with Crippen LogP contribution in [0.3, 0.4) is 0 Å². The number of carbonyl (C=O) groups excluding carboxylic acids is 1. The number of para-hydroxylation sites is 2. The van der Waals surface area contributed by atoms with Gasteiger partial charge in [0.2, 0.25) is 5.82 Å². The van der Waals surface area contributed by atoms with Crippen LogP contribution in [-0.4, -0.2) is 28.4 Å². The van der Waals surface area contributed by atoms with E-state index >= 15 is 0 Å². The van der Waals surface area contributed by atoms with E-state index in [9.17, 15) is 9.59 Å². The molecule has 0 fully saturated rings. The molecule has 11 heteroatoms. The predicted octanol–water partition coefficient (Wildman–Crippen LogP) is 8.09. The SMILES string of the molecule is Cc1ccccc1NC(=O)COc1c(Cl)cc(C=Nn2c(-c3cc4cc(Cl)ccc4o3)nc3ccccc3c2=O)cc1Br. The van der Waals surface area contributed by atoms with E-state index in [1.54, 1.807) is 60.7 Å². The Morgan fingerprint density at radius 2 is 1.86 bits per heavy atom. The van der Waals surface area contributed by atoms with Crippen LogP contribution in [0.2, 0.25) is 10.0 Å². The number of aromatic nitrogens is 2. The van der Waals surface area contributed by atoms with Crippen LogP contribution in [0.15, 0.2) is 104 Å². The first-order valence-electron chi connectivity index (χ1n) is 13.0. The number of nitrogens with zero attached hydrogens (tertiary/aromatic N) is 3. The highest BCUT2D eigenvalue weighted by molar-refractivity contribution is 9.10. The Hall–Kier alpha value is -4.44. The van der Waals surface area contributed by atoms with Crippen LogP contribution >= 0.6 is 39.1 Å². The first kappa shape index (κ1) is 28.7. The normalized spacial score (nSPS) is 11.4. The average molecular weight is 676 g/mol. The largest absolute Gasteiger partial charge is 0.481 e. The number of aryl methyl sites for hydroxylation is 1. The Morgan fingerprint density at radius 3 is 2.67 bits per heavy atom. The molecule has 6 rings (SSSR count). The number of nitrogens with one attached hydrogen (secondary N) is 1. The summed E-state index contributed by atoms with van der Waals surface area (Å²) in [5.41, 5.74) is 2.93. The van der Waals surface area contributed by atoms with Crippen molar-refractivity contribution in [2.45, 2.75) is 6.92 Å². The maximum Gasteiger partial charge on any atom is 0.282 e. The Labute approximate surface area is 263 Å². The monoisotopic (exact) mass is 674 g/mol. The number of carbonyl (C=O) groups is 1. The molecule has 8 nitrogen and oxygen atoms in total. The summed E-state index contributed by atoms with van der Waals surface area (Å²) >= 11 is 16.1. The average Bonchev–Trinajstić information content (AvgIpc) is 3.40. The second-order valence-corrected chi connectivity index (χ2v) is 11.3. The molecule has 0 bridgehead atoms. The third-order valence-electron chi connectivity index (χ3n) is 6.56. The molecule has 0 aliphatic heterocycles. The summed E-state index contributed by atoms with van der Waals surface area (Å²) in [5.74, 6) is 0.539. The highest BCUT2D eigenvalue weighted by Gasteiger charge is 2.17. The van der Waals surface area contributed by atoms with Gasteiger partial charge in [-0.2, -0.15) is 9.78 Å². The molecule has 0 radical (unpaired) electrons. The van der Waals surface area contributed by atoms with E-state index in [2.05, 4.69) is 26.3 Å². The van der Waals surface area contributed by atoms with Crippen molar-refractivity contribution in [3.63, 3.8) is 0 Å². The second-order valence-electron chi connectivity index (χ2n) is 9.57. The second kappa shape index (κ2) is 12.0. The van der Waals surface area contributed by atoms with E-state index in [0.29, 0.717) is 48.7 Å². The summed E-state index contributed by atoms with van der Waals surface area (Å²) in [6.45, 7) is 1.66. The molecule has 0 saturated carbocycles. The van der Waals surface area contributed by atoms with Crippen molar-refractivity contribution < 1.29 is 13.9 Å². The number of ether oxygens (including phenoxy) is 1. The summed E-state index contributed by atoms with van der Waals surface area (Å²) < 4.78 is 13.4. The molecule has 0 aliphatic carbocycles. The molecular formula is C32H21BrCl2N4O4. The first-order valence-corrected chi connectivity index (χ1v) is 14.5. The van der Waals surface area contributed by atoms with Gasteiger partial charge in [-0.1, -0.05) is 53.5 Å². The molecule has 0 aliphatic rings. The van der Waals surface area contributed by atoms with E-state index in [0.717, 1.165) is 10.9 Å². The smallest absolute Gasteiger partial charge is 0.282 e. The van der Waals surface area contributed by atoms with Gasteiger partial charge in [0, 0.05) is 16.1 Å². The third kappa shape index (κ3) is 6.06. The molecule has 1 amide bonds. The van der Waals surface area contributed by atoms with Crippen LogP contribution in [0.25, 0.3) is 33.5 Å². The minimum Gasteiger partial charge on any atom is -0.481 e. The lowest BCUT2D eigenvalue weighted by Gasteiger charge is -2.12. The number of hydrogen-bond donors (Lipinski definition) is 1. The maximum absolute atomic E-state index is 13.6. The molecule has 6 aromatic rings. The van der Waals surface area contributed by atoms with E-state index in [1.807, 2.05) is 31.2 Å². The van der Waals surface area contributed by atoms with Gasteiger partial charge >= 0.3 is 0 Å². The van der Waals surface area contributed by atoms with Crippen molar-refractivity contribution in [2.75, 3.05) is 11.9 Å². The molecule has 0 unspecified atom stereocenters. The van der Waals surface area contributed by atoms with Gasteiger partial charge in [-0.15, -0.1) is 0 Å². The van der Waals surface area contributed by atoms with Gasteiger partial charge in [0.15, 0.2) is 18.1 Å². The van der Waals surface area contributed by atoms with Crippen molar-refractivity contribution in [3.05, 3.63) is 121 Å². The van der Waals surface area contributed by atoms with Crippen molar-refractivity contribution in [2.24, 2.45) is 5.10 Å². The lowest BCUT2D eigenvalue weighted by Crippen LogP contribution is -2.21. The molecule has 1 N–H and O–H groups in total. The van der Waals surface area contributed by atoms with Crippen LogP contribution < -0.4 is 15.6 Å². The van der Waals surface area contributed by atoms with Crippen LogP contribution in [-0.2, 0) is 4.79 Å². The van der Waals surface area contributed by atoms with Gasteiger partial charge in [0.25, 0.3) is 11.5 Å². The lowest BCUT2D eigenvalue weighted by molar-refractivity contribution is -0.118. The van der Waals surface area contributed by atoms with Crippen molar-refractivity contribution >= 4 is 78.8 Å². The van der Waals surface area contributed by atoms with Gasteiger partial charge in [-0.05, 0) is 88.6 Å². The molecule has 43 heavy (non-hydrogen) atoms. The zero-order valence-electron chi connectivity index (χ0n) is 22.5. The fourth-order valence-corrected chi connectivity index (χ4v) is 5.64. The molecule has 0 saturated heterocycles. The predicted molar refractivity (Wildman–Crippen MR) is 174 cm³/mol. The van der Waals surface area contributed by atoms with Gasteiger partial charge in [0.1, 0.15) is 5.58 Å². The number of furan rings is 1. The number of benzene rings is 4. The summed E-state index contributed by atoms with van der Waals surface area (Å²) in [7, 11) is 0. The molecule has 0 spiro atoms. The molecule has 2 heterocycles. The number of fused-ring (bicyclic) bond motifs is 2. The Morgan fingerprint density at radius 1 is 1.07 bits per heavy atom. The molecule has 4 aromatic carbocycles. The summed E-state index contributed by atoms with van der Waals surface area (Å²) in [6.07, 6.45) is 1.48. The number of hydrogen-bond acceptors (Lipinski definition) is 6. The highest BCUT2D eigenvalue weighted by Crippen LogP contribution is 2.34. The maximum atomic E-state index is 13.6. The fraction of sp³-hybridized carbons (Fsp3) is 0.0625. The zero-order chi connectivity index (χ0) is 30.1. The van der Waals surface area contributed by atoms with Crippen molar-refractivity contribution in [3.8, 4) is 17.3 Å². The lowest BCUT2D eigenvalue weighted by atomic mass is 10.2. The van der Waals surface area contributed by atoms with Gasteiger partial charge < -0.3 is 14.5 Å². The van der Waals surface area contributed by atoms with E-state index in [-0.39, 0.29) is 28.9 Å². The van der Waals surface area contributed by atoms with Crippen LogP contribution in [0.5, 0.6) is 5.75 Å². The number of amides is 1. The summed E-state index contributed by atoms with van der Waals surface area (Å²) in [6, 6.07) is 24.8. The van der Waals surface area contributed by atoms with Crippen LogP contribution in [0.4, 0.5) is 5.69 Å². The number of rotatable bonds is 7. The minimum atomic E-state index is -0.375. The highest BCUT2D eigenvalue weighted by atomic mass is 79.9. The van der Waals surface area contributed by atoms with Crippen LogP contribution in [0.1, 0.15) is 11.1 Å². The van der Waals surface area contributed by atoms with E-state index in [1.165, 1.54) is 10.9 Å². The minimum absolute atomic E-state index is 0.219. The van der Waals surface area contributed by atoms with Gasteiger partial charge in [-0.25, -0.2) is 4.98 Å². The standard InChI is InChI=1S/C32H21BrCl2N4O4/c1-18-6-2-4-8-25(18)37-29(40)17-42-30-23(33)12-19(13-24(30)35)16-36-39-31(38-26-9-5-3-7-22(26)32(39)41)28-15-20-14-21(34)10-11-27(20)43-28/h2-16H,17H2,1H3,(H,37,40). The molecule has 214 valence electrons. The fourth-order valence-electron chi connectivity index (χ4n) is 4.47. The van der Waals surface area contributed by atoms with Crippen molar-refractivity contribution in [1.82, 2.24) is 9.66 Å². The zero-order valence-corrected chi connectivity index (χ0v) is 25.6. The first-order chi connectivity index (χ1) is 20.8. The van der Waals surface area contributed by atoms with E-state index < -0.39 is 0 Å². The molecule has 0 atom stereocenters. The van der Waals surface area contributed by atoms with Gasteiger partial charge in [-0.3, -0.25) is 9.59 Å². The molecule has 2 aromatic heterocycles.